The highest BCUT2D eigenvalue weighted by molar-refractivity contribution is 5.78. The first kappa shape index (κ1) is 44.9. The molecule has 0 saturated carbocycles. The maximum Gasteiger partial charge on any atom is 0.311 e. The fourth-order valence-electron chi connectivity index (χ4n) is 8.24. The number of carbonyl (C=O) groups is 2. The van der Waals surface area contributed by atoms with Crippen molar-refractivity contribution in [3.8, 4) is 0 Å². The largest absolute Gasteiger partial charge is 0.459 e. The third-order valence-corrected chi connectivity index (χ3v) is 11.7. The minimum atomic E-state index is -1.97. The van der Waals surface area contributed by atoms with Gasteiger partial charge in [-0.05, 0) is 81.8 Å². The standard InChI is InChI=1S/C37H68N2O13/c1-14-25-37(10,46)29(41)22(6)38-32(43)18(2)16-35(8,45)31(52-34-27(40)24(39(11)12)15-19(3)48-34)20(4)28(21(5)33(44)50-25)51-26-17-36(9,47-13)30(42)23(7)49-26/h18-31,34,40-42,45-46H,14-17H2,1-13H3,(H,38,43)/t18-,19-,20+,21-,22-,23+,24+,25-,26+,27-,28+,29-,30+,31-,34+,35-,36-,37-/m1/s1. The van der Waals surface area contributed by atoms with Crippen molar-refractivity contribution < 1.29 is 63.5 Å². The van der Waals surface area contributed by atoms with Crippen LogP contribution < -0.4 is 5.32 Å². The van der Waals surface area contributed by atoms with Crippen LogP contribution in [0.2, 0.25) is 0 Å². The number of likely N-dealkylation sites (N-methyl/N-ethyl adjacent to an activating group) is 1. The Morgan fingerprint density at radius 1 is 0.923 bits per heavy atom. The highest BCUT2D eigenvalue weighted by Gasteiger charge is 2.52. The number of methoxy groups -OCH3 is 1. The molecule has 0 radical (unpaired) electrons. The van der Waals surface area contributed by atoms with Gasteiger partial charge >= 0.3 is 5.97 Å². The Labute approximate surface area is 309 Å². The van der Waals surface area contributed by atoms with E-state index in [0.717, 1.165) is 0 Å². The van der Waals surface area contributed by atoms with Gasteiger partial charge in [0.25, 0.3) is 0 Å². The summed E-state index contributed by atoms with van der Waals surface area (Å²) in [6.07, 6.45) is -9.73. The Bertz CT molecular complexity index is 1190. The first-order chi connectivity index (χ1) is 23.9. The summed E-state index contributed by atoms with van der Waals surface area (Å²) in [5.41, 5.74) is -4.82. The number of nitrogens with one attached hydrogen (secondary N) is 1. The Kier molecular flexibility index (Phi) is 15.1. The lowest BCUT2D eigenvalue weighted by atomic mass is 9.77. The molecule has 3 fully saturated rings. The van der Waals surface area contributed by atoms with Crippen LogP contribution in [0.1, 0.15) is 94.9 Å². The fourth-order valence-corrected chi connectivity index (χ4v) is 8.24. The molecule has 3 heterocycles. The molecule has 0 aromatic carbocycles. The third-order valence-electron chi connectivity index (χ3n) is 11.7. The second-order valence-corrected chi connectivity index (χ2v) is 16.6. The molecule has 0 unspecified atom stereocenters. The quantitative estimate of drug-likeness (QED) is 0.202. The molecule has 3 aliphatic rings. The Balaban J connectivity index is 2.18. The van der Waals surface area contributed by atoms with Gasteiger partial charge in [0.05, 0.1) is 47.6 Å². The van der Waals surface area contributed by atoms with Crippen molar-refractivity contribution >= 4 is 11.9 Å². The minimum absolute atomic E-state index is 0.0853. The number of hydrogen-bond acceptors (Lipinski definition) is 14. The van der Waals surface area contributed by atoms with E-state index in [1.807, 2.05) is 25.9 Å². The summed E-state index contributed by atoms with van der Waals surface area (Å²) >= 11 is 0. The summed E-state index contributed by atoms with van der Waals surface area (Å²) in [5, 5.41) is 60.3. The van der Waals surface area contributed by atoms with E-state index < -0.39 is 108 Å². The molecule has 18 atom stereocenters. The van der Waals surface area contributed by atoms with Crippen LogP contribution in [0, 0.1) is 17.8 Å². The van der Waals surface area contributed by atoms with Crippen LogP contribution >= 0.6 is 0 Å². The van der Waals surface area contributed by atoms with Gasteiger partial charge in [0.1, 0.15) is 30.0 Å². The molecule has 3 aliphatic heterocycles. The number of ether oxygens (including phenoxy) is 6. The lowest BCUT2D eigenvalue weighted by molar-refractivity contribution is -0.317. The van der Waals surface area contributed by atoms with E-state index in [4.69, 9.17) is 28.4 Å². The first-order valence-electron chi connectivity index (χ1n) is 18.7. The number of cyclic esters (lactones) is 1. The highest BCUT2D eigenvalue weighted by atomic mass is 16.7. The van der Waals surface area contributed by atoms with Crippen LogP contribution in [-0.2, 0) is 38.0 Å². The monoisotopic (exact) mass is 748 g/mol. The second-order valence-electron chi connectivity index (χ2n) is 16.6. The third kappa shape index (κ3) is 9.83. The van der Waals surface area contributed by atoms with E-state index in [1.54, 1.807) is 41.5 Å². The smallest absolute Gasteiger partial charge is 0.311 e. The Morgan fingerprint density at radius 2 is 1.54 bits per heavy atom. The van der Waals surface area contributed by atoms with Crippen LogP contribution in [0.3, 0.4) is 0 Å². The van der Waals surface area contributed by atoms with Crippen LogP contribution in [0.15, 0.2) is 0 Å². The number of esters is 1. The summed E-state index contributed by atoms with van der Waals surface area (Å²) in [6, 6.07) is -1.29. The zero-order valence-electron chi connectivity index (χ0n) is 33.4. The number of hydrogen-bond donors (Lipinski definition) is 6. The van der Waals surface area contributed by atoms with Crippen molar-refractivity contribution in [2.24, 2.45) is 17.8 Å². The zero-order valence-corrected chi connectivity index (χ0v) is 33.4. The average Bonchev–Trinajstić information content (AvgIpc) is 3.06. The molecule has 3 saturated heterocycles. The van der Waals surface area contributed by atoms with Crippen molar-refractivity contribution in [2.45, 2.75) is 185 Å². The molecule has 1 amide bonds. The lowest BCUT2D eigenvalue weighted by Gasteiger charge is -2.48. The van der Waals surface area contributed by atoms with Crippen molar-refractivity contribution in [1.29, 1.82) is 0 Å². The van der Waals surface area contributed by atoms with Gasteiger partial charge in [-0.3, -0.25) is 9.59 Å². The van der Waals surface area contributed by atoms with Crippen molar-refractivity contribution in [3.05, 3.63) is 0 Å². The molecule has 0 aromatic heterocycles. The van der Waals surface area contributed by atoms with Crippen molar-refractivity contribution in [2.75, 3.05) is 21.2 Å². The summed E-state index contributed by atoms with van der Waals surface area (Å²) < 4.78 is 37.1. The van der Waals surface area contributed by atoms with Crippen LogP contribution in [0.5, 0.6) is 0 Å². The second kappa shape index (κ2) is 17.5. The van der Waals surface area contributed by atoms with Crippen LogP contribution in [0.4, 0.5) is 0 Å². The summed E-state index contributed by atoms with van der Waals surface area (Å²) in [7, 11) is 5.17. The van der Waals surface area contributed by atoms with Gasteiger partial charge < -0.3 is 64.2 Å². The van der Waals surface area contributed by atoms with Gasteiger partial charge in [-0.2, -0.15) is 0 Å². The summed E-state index contributed by atoms with van der Waals surface area (Å²) in [5.74, 6) is -4.03. The predicted molar refractivity (Wildman–Crippen MR) is 190 cm³/mol. The van der Waals surface area contributed by atoms with Crippen molar-refractivity contribution in [1.82, 2.24) is 10.2 Å². The molecule has 15 heteroatoms. The molecule has 0 aromatic rings. The van der Waals surface area contributed by atoms with Gasteiger partial charge in [-0.1, -0.05) is 20.8 Å². The molecule has 304 valence electrons. The van der Waals surface area contributed by atoms with E-state index in [9.17, 15) is 35.1 Å². The predicted octanol–water partition coefficient (Wildman–Crippen LogP) is 1.09. The van der Waals surface area contributed by atoms with Crippen LogP contribution in [0.25, 0.3) is 0 Å². The number of amides is 1. The number of aliphatic hydroxyl groups is 5. The van der Waals surface area contributed by atoms with Gasteiger partial charge in [0.15, 0.2) is 12.6 Å². The van der Waals surface area contributed by atoms with Crippen molar-refractivity contribution in [3.63, 3.8) is 0 Å². The Morgan fingerprint density at radius 3 is 2.10 bits per heavy atom. The number of carbonyl (C=O) groups excluding carboxylic acids is 2. The first-order valence-corrected chi connectivity index (χ1v) is 18.7. The van der Waals surface area contributed by atoms with Crippen LogP contribution in [-0.4, -0.2) is 154 Å². The van der Waals surface area contributed by atoms with Gasteiger partial charge in [-0.15, -0.1) is 0 Å². The lowest BCUT2D eigenvalue weighted by Crippen LogP contribution is -2.60. The molecule has 0 spiro atoms. The van der Waals surface area contributed by atoms with Gasteiger partial charge in [0.2, 0.25) is 5.91 Å². The minimum Gasteiger partial charge on any atom is -0.459 e. The van der Waals surface area contributed by atoms with E-state index in [1.165, 1.54) is 27.9 Å². The number of aliphatic hydroxyl groups excluding tert-OH is 3. The average molecular weight is 749 g/mol. The molecule has 0 aliphatic carbocycles. The zero-order chi connectivity index (χ0) is 39.7. The van der Waals surface area contributed by atoms with E-state index in [2.05, 4.69) is 5.32 Å². The van der Waals surface area contributed by atoms with E-state index >= 15 is 0 Å². The highest BCUT2D eigenvalue weighted by Crippen LogP contribution is 2.40. The van der Waals surface area contributed by atoms with Gasteiger partial charge in [-0.25, -0.2) is 0 Å². The normalized spacial score (nSPS) is 49.1. The SMILES string of the molecule is CC[C@H]1OC(=O)[C@H](C)[C@@H](O[C@H]2C[C@@](C)(OC)[C@@H](O)[C@H](C)O2)[C@H](C)[C@@H](O[C@@H]2O[C@H](C)C[C@H](N(C)C)[C@H]2O)[C@](C)(O)C[C@@H](C)C(=O)N[C@H](C)[C@@H](O)[C@]1(C)O. The topological polar surface area (TPSA) is 206 Å². The molecular formula is C37H68N2O13. The summed E-state index contributed by atoms with van der Waals surface area (Å²) in [6.45, 7) is 16.3. The Hall–Kier alpha value is -1.50. The summed E-state index contributed by atoms with van der Waals surface area (Å²) in [4.78, 5) is 29.5. The molecule has 3 rings (SSSR count). The maximum absolute atomic E-state index is 14.1. The number of rotatable bonds is 7. The number of nitrogens with zero attached hydrogens (tertiary/aromatic N) is 1. The van der Waals surface area contributed by atoms with E-state index in [-0.39, 0.29) is 31.4 Å². The molecular weight excluding hydrogens is 680 g/mol. The van der Waals surface area contributed by atoms with Gasteiger partial charge in [0, 0.05) is 31.4 Å². The van der Waals surface area contributed by atoms with E-state index in [0.29, 0.717) is 6.42 Å². The fraction of sp³-hybridized carbons (Fsp3) is 0.946. The molecule has 15 nitrogen and oxygen atoms in total. The molecule has 0 bridgehead atoms. The molecule has 6 N–H and O–H groups in total. The molecule has 52 heavy (non-hydrogen) atoms. The maximum atomic E-state index is 14.1.